The Morgan fingerprint density at radius 3 is 0.706 bits per heavy atom. The van der Waals surface area contributed by atoms with Crippen LogP contribution in [0.15, 0.2) is 182 Å². The Morgan fingerprint density at radius 1 is 0.244 bits per heavy atom. The van der Waals surface area contributed by atoms with Gasteiger partial charge in [-0.05, 0) is 161 Å². The lowest BCUT2D eigenvalue weighted by molar-refractivity contribution is -0.161. The highest BCUT2D eigenvalue weighted by molar-refractivity contribution is 7.47. The van der Waals surface area contributed by atoms with Gasteiger partial charge in [-0.3, -0.25) is 32.5 Å². The summed E-state index contributed by atoms with van der Waals surface area (Å²) < 4.78 is 61.5. The number of phosphoric acid groups is 2. The first kappa shape index (κ1) is 114. The first-order valence-electron chi connectivity index (χ1n) is 47.1. The number of esters is 3. The fourth-order valence-corrected chi connectivity index (χ4v) is 14.1. The number of rotatable bonds is 88. The van der Waals surface area contributed by atoms with Crippen molar-refractivity contribution in [2.24, 2.45) is 0 Å². The molecule has 0 aliphatic heterocycles. The van der Waals surface area contributed by atoms with Crippen molar-refractivity contribution in [3.8, 4) is 0 Å². The van der Waals surface area contributed by atoms with E-state index in [1.165, 1.54) is 128 Å². The number of allylic oxidation sites excluding steroid dienone is 30. The summed E-state index contributed by atoms with van der Waals surface area (Å²) in [5, 5.41) is 20.8. The summed E-state index contributed by atoms with van der Waals surface area (Å²) in [5.74, 6) is -1.59. The Hall–Kier alpha value is -5.35. The Morgan fingerprint density at radius 2 is 0.445 bits per heavy atom. The van der Waals surface area contributed by atoms with Gasteiger partial charge >= 0.3 is 33.6 Å². The predicted molar refractivity (Wildman–Crippen MR) is 500 cm³/mol. The molecule has 18 heteroatoms. The van der Waals surface area contributed by atoms with Crippen LogP contribution in [-0.4, -0.2) is 95.9 Å². The molecule has 0 aliphatic rings. The monoisotopic (exact) mass is 1700 g/mol. The van der Waals surface area contributed by atoms with Crippen LogP contribution in [0.25, 0.3) is 0 Å². The van der Waals surface area contributed by atoms with E-state index in [1.807, 2.05) is 0 Å². The van der Waals surface area contributed by atoms with Crippen molar-refractivity contribution >= 4 is 33.6 Å². The molecule has 5 unspecified atom stereocenters. The Balaban J connectivity index is 4.61. The molecular weight excluding hydrogens is 1530 g/mol. The average Bonchev–Trinajstić information content (AvgIpc) is 0.911. The summed E-state index contributed by atoms with van der Waals surface area (Å²) in [6.07, 6.45) is 121. The van der Waals surface area contributed by atoms with Crippen LogP contribution in [0.2, 0.25) is 0 Å². The van der Waals surface area contributed by atoms with Crippen molar-refractivity contribution in [2.75, 3.05) is 39.6 Å². The van der Waals surface area contributed by atoms with Gasteiger partial charge in [0.05, 0.1) is 26.4 Å². The van der Waals surface area contributed by atoms with Crippen molar-refractivity contribution in [3.63, 3.8) is 0 Å². The third-order valence-electron chi connectivity index (χ3n) is 19.6. The molecule has 0 rings (SSSR count). The second kappa shape index (κ2) is 91.8. The molecule has 0 radical (unpaired) electrons. The minimum Gasteiger partial charge on any atom is -0.463 e. The highest BCUT2D eigenvalue weighted by Crippen LogP contribution is 2.45. The summed E-state index contributed by atoms with van der Waals surface area (Å²) >= 11 is 0. The maximum Gasteiger partial charge on any atom is 0.472 e. The topological polar surface area (TPSA) is 231 Å². The molecule has 0 saturated carbocycles. The highest BCUT2D eigenvalue weighted by atomic mass is 31.2. The SMILES string of the molecule is CC/C=C\C/C=C\C/C=C\C/C=C\C/C=C\C/C=C\CCCCCCCCCCCCCCCCC(=O)OCC(O)COP(=O)(O)OCC(O)COP(=O)(O)OCC(COC(=O)CCCCCCCCCCCCC/C=C\C/C=C\C/C=C\C/C=C\C/C=C\CC)OC(=O)CCCCCCCCC/C=C\C/C=C\C/C=C\C/C=C\CCCCC. The number of hydrogen-bond donors (Lipinski definition) is 4. The third kappa shape index (κ3) is 93.2. The third-order valence-corrected chi connectivity index (χ3v) is 21.5. The van der Waals surface area contributed by atoms with E-state index in [0.717, 1.165) is 193 Å². The van der Waals surface area contributed by atoms with Gasteiger partial charge in [0.2, 0.25) is 0 Å². The molecule has 0 aromatic rings. The molecule has 0 amide bonds. The van der Waals surface area contributed by atoms with E-state index < -0.39 is 91.5 Å². The molecule has 119 heavy (non-hydrogen) atoms. The van der Waals surface area contributed by atoms with Gasteiger partial charge in [-0.2, -0.15) is 0 Å². The second-order valence-electron chi connectivity index (χ2n) is 31.0. The maximum absolute atomic E-state index is 13.1. The number of aliphatic hydroxyl groups excluding tert-OH is 2. The number of hydrogen-bond acceptors (Lipinski definition) is 14. The molecule has 16 nitrogen and oxygen atoms in total. The summed E-state index contributed by atoms with van der Waals surface area (Å²) in [6, 6.07) is 0. The molecule has 0 aromatic heterocycles. The molecule has 4 N–H and O–H groups in total. The van der Waals surface area contributed by atoms with Gasteiger partial charge in [-0.25, -0.2) is 9.13 Å². The normalized spacial score (nSPS) is 14.6. The zero-order valence-electron chi connectivity index (χ0n) is 75.0. The smallest absolute Gasteiger partial charge is 0.463 e. The van der Waals surface area contributed by atoms with E-state index in [2.05, 4.69) is 203 Å². The molecule has 0 spiro atoms. The number of phosphoric ester groups is 2. The zero-order chi connectivity index (χ0) is 86.5. The van der Waals surface area contributed by atoms with Crippen molar-refractivity contribution in [2.45, 2.75) is 399 Å². The van der Waals surface area contributed by atoms with Crippen LogP contribution in [0, 0.1) is 0 Å². The number of carbonyl (C=O) groups excluding carboxylic acids is 3. The molecule has 0 bridgehead atoms. The average molecular weight is 1700 g/mol. The van der Waals surface area contributed by atoms with Gasteiger partial charge in [-0.15, -0.1) is 0 Å². The number of carbonyl (C=O) groups is 3. The van der Waals surface area contributed by atoms with Gasteiger partial charge in [0.1, 0.15) is 25.4 Å². The van der Waals surface area contributed by atoms with Crippen molar-refractivity contribution in [1.82, 2.24) is 0 Å². The largest absolute Gasteiger partial charge is 0.472 e. The Labute approximate surface area is 725 Å². The second-order valence-corrected chi connectivity index (χ2v) is 34.0. The Kier molecular flexibility index (Phi) is 87.7. The summed E-state index contributed by atoms with van der Waals surface area (Å²) in [6.45, 7) is 2.45. The molecule has 5 atom stereocenters. The van der Waals surface area contributed by atoms with Gasteiger partial charge in [0.25, 0.3) is 0 Å². The summed E-state index contributed by atoms with van der Waals surface area (Å²) in [4.78, 5) is 59.1. The van der Waals surface area contributed by atoms with Crippen molar-refractivity contribution in [3.05, 3.63) is 182 Å². The first-order valence-corrected chi connectivity index (χ1v) is 50.1. The van der Waals surface area contributed by atoms with Crippen LogP contribution in [0.3, 0.4) is 0 Å². The molecule has 0 heterocycles. The minimum absolute atomic E-state index is 0.0871. The lowest BCUT2D eigenvalue weighted by Crippen LogP contribution is -2.30. The lowest BCUT2D eigenvalue weighted by Gasteiger charge is -2.21. The molecular formula is C101H170O16P2. The maximum atomic E-state index is 13.1. The van der Waals surface area contributed by atoms with Crippen LogP contribution in [0.1, 0.15) is 380 Å². The highest BCUT2D eigenvalue weighted by Gasteiger charge is 2.29. The van der Waals surface area contributed by atoms with Gasteiger partial charge in [0.15, 0.2) is 6.10 Å². The Bertz CT molecular complexity index is 2890. The van der Waals surface area contributed by atoms with E-state index in [0.29, 0.717) is 19.3 Å². The number of ether oxygens (including phenoxy) is 3. The van der Waals surface area contributed by atoms with E-state index in [1.54, 1.807) is 0 Å². The molecule has 0 aliphatic carbocycles. The van der Waals surface area contributed by atoms with E-state index in [4.69, 9.17) is 32.3 Å². The summed E-state index contributed by atoms with van der Waals surface area (Å²) in [7, 11) is -9.82. The quantitative estimate of drug-likeness (QED) is 0.0146. The standard InChI is InChI=1S/C101H170O16P2/c1-4-7-10-13-16-19-22-25-28-31-34-37-40-42-44-45-46-47-48-49-51-53-55-57-60-63-66-69-72-75-78-81-84-87-99(104)111-90-96(102)91-113-118(107,108)114-92-97(103)93-115-119(109,110)116-95-98(117-101(106)89-86-83-80-77-74-71-68-65-62-59-54-39-36-33-30-27-24-21-18-15-12-9-6-3)94-112-100(105)88-85-82-79-76-73-70-67-64-61-58-56-52-50-43-41-38-35-32-29-26-23-20-17-14-11-8-5-2/h7-8,10-11,16-21,25-30,34-39,42-44,46-47,50,59,62,96-98,102-103H,4-6,9,12-15,22-24,31-33,40-41,45,48-49,51-58,60-61,63-95H2,1-3H3,(H,107,108)(H,109,110)/b10-7-,11-8-,19-16-,20-17-,21-18-,28-25-,29-26-,30-27-,37-34-,38-35-,39-36-,44-42-,47-46-,50-43-,62-59-. The molecule has 680 valence electrons. The number of unbranched alkanes of at least 4 members (excludes halogenated alkanes) is 35. The molecule has 0 aromatic carbocycles. The number of aliphatic hydroxyl groups is 2. The minimum atomic E-state index is -4.95. The predicted octanol–water partition coefficient (Wildman–Crippen LogP) is 29.2. The molecule has 0 saturated heterocycles. The molecule has 0 fully saturated rings. The van der Waals surface area contributed by atoms with Gasteiger partial charge < -0.3 is 34.2 Å². The van der Waals surface area contributed by atoms with E-state index in [9.17, 15) is 43.5 Å². The van der Waals surface area contributed by atoms with E-state index >= 15 is 0 Å². The van der Waals surface area contributed by atoms with E-state index in [-0.39, 0.29) is 19.3 Å². The zero-order valence-corrected chi connectivity index (χ0v) is 76.8. The van der Waals surface area contributed by atoms with Crippen molar-refractivity contribution in [1.29, 1.82) is 0 Å². The fraction of sp³-hybridized carbons (Fsp3) is 0.673. The van der Waals surface area contributed by atoms with Crippen LogP contribution >= 0.6 is 15.6 Å². The van der Waals surface area contributed by atoms with Crippen molar-refractivity contribution < 1.29 is 75.8 Å². The lowest BCUT2D eigenvalue weighted by atomic mass is 10.0. The van der Waals surface area contributed by atoms with Crippen LogP contribution in [0.4, 0.5) is 0 Å². The fourth-order valence-electron chi connectivity index (χ4n) is 12.5. The van der Waals surface area contributed by atoms with Crippen LogP contribution in [0.5, 0.6) is 0 Å². The van der Waals surface area contributed by atoms with Gasteiger partial charge in [-0.1, -0.05) is 383 Å². The first-order chi connectivity index (χ1) is 58.2. The summed E-state index contributed by atoms with van der Waals surface area (Å²) in [5.41, 5.74) is 0. The van der Waals surface area contributed by atoms with Crippen LogP contribution < -0.4 is 0 Å². The van der Waals surface area contributed by atoms with Gasteiger partial charge in [0, 0.05) is 19.3 Å². The van der Waals surface area contributed by atoms with Crippen LogP contribution in [-0.2, 0) is 55.8 Å².